The summed E-state index contributed by atoms with van der Waals surface area (Å²) in [6.45, 7) is 5.02. The molecule has 0 radical (unpaired) electrons. The Morgan fingerprint density at radius 1 is 1.00 bits per heavy atom. The molecule has 1 heterocycles. The number of nitrogens with one attached hydrogen (secondary N) is 1. The molecule has 0 atom stereocenters. The van der Waals surface area contributed by atoms with Gasteiger partial charge in [-0.2, -0.15) is 0 Å². The van der Waals surface area contributed by atoms with Crippen molar-refractivity contribution in [2.24, 2.45) is 0 Å². The molecule has 5 nitrogen and oxygen atoms in total. The first-order chi connectivity index (χ1) is 11.6. The maximum atomic E-state index is 12.5. The molecule has 2 aromatic carbocycles. The lowest BCUT2D eigenvalue weighted by atomic mass is 10.1. The van der Waals surface area contributed by atoms with Crippen LogP contribution in [0, 0.1) is 6.92 Å². The number of hydrogen-bond acceptors (Lipinski definition) is 2. The third-order valence-electron chi connectivity index (χ3n) is 4.15. The molecule has 0 fully saturated rings. The smallest absolute Gasteiger partial charge is 0.329 e. The first-order valence-corrected chi connectivity index (χ1v) is 8.10. The number of hydrogen-bond donors (Lipinski definition) is 1. The van der Waals surface area contributed by atoms with Crippen molar-refractivity contribution in [3.8, 4) is 0 Å². The van der Waals surface area contributed by atoms with Crippen LogP contribution in [0.3, 0.4) is 0 Å². The highest BCUT2D eigenvalue weighted by molar-refractivity contribution is 5.80. The van der Waals surface area contributed by atoms with Gasteiger partial charge in [-0.05, 0) is 31.5 Å². The number of para-hydroxylation sites is 2. The zero-order chi connectivity index (χ0) is 17.1. The third kappa shape index (κ3) is 3.11. The van der Waals surface area contributed by atoms with E-state index in [1.165, 1.54) is 10.1 Å². The van der Waals surface area contributed by atoms with Gasteiger partial charge in [-0.15, -0.1) is 0 Å². The Balaban J connectivity index is 1.77. The number of imidazole rings is 1. The molecule has 3 aromatic rings. The van der Waals surface area contributed by atoms with Crippen LogP contribution < -0.4 is 11.0 Å². The van der Waals surface area contributed by atoms with E-state index in [1.54, 1.807) is 4.57 Å². The van der Waals surface area contributed by atoms with E-state index in [2.05, 4.69) is 5.32 Å². The Labute approximate surface area is 140 Å². The van der Waals surface area contributed by atoms with Crippen LogP contribution in [0.15, 0.2) is 53.3 Å². The number of carbonyl (C=O) groups is 1. The fourth-order valence-corrected chi connectivity index (χ4v) is 2.84. The van der Waals surface area contributed by atoms with Gasteiger partial charge in [0.1, 0.15) is 6.54 Å². The van der Waals surface area contributed by atoms with Crippen LogP contribution >= 0.6 is 0 Å². The topological polar surface area (TPSA) is 56.0 Å². The van der Waals surface area contributed by atoms with Gasteiger partial charge in [-0.25, -0.2) is 4.79 Å². The SMILES string of the molecule is CCn1c(=O)n(CC(=O)NCc2ccc(C)cc2)c2ccccc21. The van der Waals surface area contributed by atoms with Gasteiger partial charge in [0.2, 0.25) is 5.91 Å². The first-order valence-electron chi connectivity index (χ1n) is 8.10. The standard InChI is InChI=1S/C19H21N3O2/c1-3-21-16-6-4-5-7-17(16)22(19(21)24)13-18(23)20-12-15-10-8-14(2)9-11-15/h4-11H,3,12-13H2,1-2H3,(H,20,23). The molecule has 0 aliphatic heterocycles. The second-order valence-corrected chi connectivity index (χ2v) is 5.86. The van der Waals surface area contributed by atoms with Crippen LogP contribution in [0.1, 0.15) is 18.1 Å². The van der Waals surface area contributed by atoms with Crippen LogP contribution in [0.25, 0.3) is 11.0 Å². The predicted octanol–water partition coefficient (Wildman–Crippen LogP) is 2.45. The Hall–Kier alpha value is -2.82. The predicted molar refractivity (Wildman–Crippen MR) is 94.9 cm³/mol. The lowest BCUT2D eigenvalue weighted by molar-refractivity contribution is -0.121. The maximum Gasteiger partial charge on any atom is 0.329 e. The Morgan fingerprint density at radius 2 is 1.62 bits per heavy atom. The molecule has 124 valence electrons. The molecule has 0 aliphatic carbocycles. The summed E-state index contributed by atoms with van der Waals surface area (Å²) in [5.41, 5.74) is 3.72. The van der Waals surface area contributed by atoms with Gasteiger partial charge < -0.3 is 5.32 Å². The molecule has 24 heavy (non-hydrogen) atoms. The highest BCUT2D eigenvalue weighted by Gasteiger charge is 2.14. The number of amides is 1. The van der Waals surface area contributed by atoms with Gasteiger partial charge in [0.15, 0.2) is 0 Å². The van der Waals surface area contributed by atoms with E-state index in [4.69, 9.17) is 0 Å². The molecule has 1 N–H and O–H groups in total. The largest absolute Gasteiger partial charge is 0.350 e. The summed E-state index contributed by atoms with van der Waals surface area (Å²) in [6, 6.07) is 15.6. The molecule has 0 unspecified atom stereocenters. The van der Waals surface area contributed by atoms with E-state index in [0.29, 0.717) is 13.1 Å². The summed E-state index contributed by atoms with van der Waals surface area (Å²) in [4.78, 5) is 24.8. The summed E-state index contributed by atoms with van der Waals surface area (Å²) in [5, 5.41) is 2.88. The zero-order valence-electron chi connectivity index (χ0n) is 14.0. The molecular formula is C19H21N3O2. The molecule has 1 aromatic heterocycles. The van der Waals surface area contributed by atoms with Crippen molar-refractivity contribution >= 4 is 16.9 Å². The van der Waals surface area contributed by atoms with Crippen molar-refractivity contribution < 1.29 is 4.79 Å². The van der Waals surface area contributed by atoms with Gasteiger partial charge in [0.25, 0.3) is 0 Å². The number of carbonyl (C=O) groups excluding carboxylic acids is 1. The highest BCUT2D eigenvalue weighted by atomic mass is 16.2. The minimum Gasteiger partial charge on any atom is -0.350 e. The number of rotatable bonds is 5. The summed E-state index contributed by atoms with van der Waals surface area (Å²) in [7, 11) is 0. The van der Waals surface area contributed by atoms with Gasteiger partial charge >= 0.3 is 5.69 Å². The second kappa shape index (κ2) is 6.74. The normalized spacial score (nSPS) is 10.9. The summed E-state index contributed by atoms with van der Waals surface area (Å²) in [6.07, 6.45) is 0. The fraction of sp³-hybridized carbons (Fsp3) is 0.263. The van der Waals surface area contributed by atoms with Crippen LogP contribution in [0.4, 0.5) is 0 Å². The minimum atomic E-state index is -0.170. The molecule has 5 heteroatoms. The van der Waals surface area contributed by atoms with Crippen LogP contribution in [-0.4, -0.2) is 15.0 Å². The highest BCUT2D eigenvalue weighted by Crippen LogP contribution is 2.12. The maximum absolute atomic E-state index is 12.5. The Morgan fingerprint density at radius 3 is 2.25 bits per heavy atom. The first kappa shape index (κ1) is 16.1. The van der Waals surface area contributed by atoms with E-state index in [9.17, 15) is 9.59 Å². The zero-order valence-corrected chi connectivity index (χ0v) is 14.0. The average molecular weight is 323 g/mol. The molecule has 0 saturated carbocycles. The number of fused-ring (bicyclic) bond motifs is 1. The Bertz CT molecular complexity index is 920. The lowest BCUT2D eigenvalue weighted by Crippen LogP contribution is -2.32. The van der Waals surface area contributed by atoms with Crippen molar-refractivity contribution in [1.82, 2.24) is 14.5 Å². The van der Waals surface area contributed by atoms with Crippen molar-refractivity contribution in [2.45, 2.75) is 33.5 Å². The average Bonchev–Trinajstić information content (AvgIpc) is 2.86. The number of benzene rings is 2. The van der Waals surface area contributed by atoms with Gasteiger partial charge in [0, 0.05) is 13.1 Å². The van der Waals surface area contributed by atoms with Gasteiger partial charge in [-0.3, -0.25) is 13.9 Å². The van der Waals surface area contributed by atoms with Gasteiger partial charge in [-0.1, -0.05) is 42.0 Å². The minimum absolute atomic E-state index is 0.0260. The number of nitrogens with zero attached hydrogens (tertiary/aromatic N) is 2. The molecule has 0 spiro atoms. The van der Waals surface area contributed by atoms with Crippen LogP contribution in [-0.2, 0) is 24.4 Å². The third-order valence-corrected chi connectivity index (χ3v) is 4.15. The van der Waals surface area contributed by atoms with E-state index in [1.807, 2.05) is 62.4 Å². The molecular weight excluding hydrogens is 302 g/mol. The number of aromatic nitrogens is 2. The Kier molecular flexibility index (Phi) is 4.51. The molecule has 0 aliphatic rings. The molecule has 3 rings (SSSR count). The van der Waals surface area contributed by atoms with E-state index in [0.717, 1.165) is 16.6 Å². The van der Waals surface area contributed by atoms with E-state index in [-0.39, 0.29) is 18.1 Å². The quantitative estimate of drug-likeness (QED) is 0.784. The van der Waals surface area contributed by atoms with Crippen molar-refractivity contribution in [3.05, 3.63) is 70.1 Å². The number of aryl methyl sites for hydroxylation is 2. The van der Waals surface area contributed by atoms with E-state index >= 15 is 0 Å². The van der Waals surface area contributed by atoms with Crippen molar-refractivity contribution in [2.75, 3.05) is 0 Å². The monoisotopic (exact) mass is 323 g/mol. The molecule has 1 amide bonds. The molecule has 0 bridgehead atoms. The summed E-state index contributed by atoms with van der Waals surface area (Å²) < 4.78 is 3.21. The van der Waals surface area contributed by atoms with Crippen LogP contribution in [0.2, 0.25) is 0 Å². The lowest BCUT2D eigenvalue weighted by Gasteiger charge is -2.07. The van der Waals surface area contributed by atoms with Crippen molar-refractivity contribution in [1.29, 1.82) is 0 Å². The summed E-state index contributed by atoms with van der Waals surface area (Å²) >= 11 is 0. The van der Waals surface area contributed by atoms with Gasteiger partial charge in [0.05, 0.1) is 11.0 Å². The fourth-order valence-electron chi connectivity index (χ4n) is 2.84. The second-order valence-electron chi connectivity index (χ2n) is 5.86. The van der Waals surface area contributed by atoms with Crippen LogP contribution in [0.5, 0.6) is 0 Å². The van der Waals surface area contributed by atoms with Crippen molar-refractivity contribution in [3.63, 3.8) is 0 Å². The molecule has 0 saturated heterocycles. The van der Waals surface area contributed by atoms with E-state index < -0.39 is 0 Å². The summed E-state index contributed by atoms with van der Waals surface area (Å²) in [5.74, 6) is -0.170.